The third-order valence-electron chi connectivity index (χ3n) is 3.12. The third kappa shape index (κ3) is 3.65. The first-order valence-corrected chi connectivity index (χ1v) is 5.58. The van der Waals surface area contributed by atoms with Gasteiger partial charge in [0, 0.05) is 13.7 Å². The van der Waals surface area contributed by atoms with Crippen LogP contribution < -0.4 is 5.32 Å². The maximum atomic E-state index is 5.16. The molecule has 1 saturated heterocycles. The van der Waals surface area contributed by atoms with E-state index in [4.69, 9.17) is 4.74 Å². The van der Waals surface area contributed by atoms with Gasteiger partial charge in [-0.05, 0) is 37.8 Å². The number of ether oxygens (including phenoxy) is 1. The summed E-state index contributed by atoms with van der Waals surface area (Å²) in [7, 11) is 1.80. The van der Waals surface area contributed by atoms with E-state index in [1.54, 1.807) is 7.11 Å². The number of methoxy groups -OCH3 is 1. The zero-order valence-corrected chi connectivity index (χ0v) is 9.01. The molecule has 1 N–H and O–H groups in total. The van der Waals surface area contributed by atoms with Crippen LogP contribution in [-0.4, -0.2) is 26.8 Å². The lowest BCUT2D eigenvalue weighted by Gasteiger charge is -2.21. The lowest BCUT2D eigenvalue weighted by molar-refractivity contribution is 0.158. The monoisotopic (exact) mass is 185 g/mol. The molecule has 0 aromatic rings. The Labute approximate surface area is 82.0 Å². The molecule has 1 heterocycles. The standard InChI is InChI=1S/C11H23NO/c1-3-4-10(6-8-13-2)11-5-7-12-9-11/h10-12H,3-9H2,1-2H3/t10?,11-/m1/s1. The molecular formula is C11H23NO. The molecule has 0 aliphatic carbocycles. The Morgan fingerprint density at radius 1 is 1.46 bits per heavy atom. The second-order valence-corrected chi connectivity index (χ2v) is 4.08. The molecule has 13 heavy (non-hydrogen) atoms. The number of rotatable bonds is 6. The van der Waals surface area contributed by atoms with Crippen molar-refractivity contribution in [3.05, 3.63) is 0 Å². The van der Waals surface area contributed by atoms with Crippen molar-refractivity contribution in [2.24, 2.45) is 11.8 Å². The third-order valence-corrected chi connectivity index (χ3v) is 3.12. The van der Waals surface area contributed by atoms with Gasteiger partial charge in [0.2, 0.25) is 0 Å². The highest BCUT2D eigenvalue weighted by atomic mass is 16.5. The molecule has 1 aliphatic heterocycles. The minimum absolute atomic E-state index is 0.889. The Balaban J connectivity index is 2.26. The van der Waals surface area contributed by atoms with Gasteiger partial charge in [-0.2, -0.15) is 0 Å². The molecule has 1 aliphatic rings. The van der Waals surface area contributed by atoms with E-state index < -0.39 is 0 Å². The van der Waals surface area contributed by atoms with E-state index in [1.165, 1.54) is 38.8 Å². The number of nitrogens with one attached hydrogen (secondary N) is 1. The molecule has 2 heteroatoms. The molecule has 0 saturated carbocycles. The van der Waals surface area contributed by atoms with Crippen LogP contribution in [0.5, 0.6) is 0 Å². The van der Waals surface area contributed by atoms with Crippen LogP contribution in [0.4, 0.5) is 0 Å². The van der Waals surface area contributed by atoms with Gasteiger partial charge < -0.3 is 10.1 Å². The lowest BCUT2D eigenvalue weighted by atomic mass is 9.85. The molecule has 2 atom stereocenters. The van der Waals surface area contributed by atoms with Crippen molar-refractivity contribution in [1.82, 2.24) is 5.32 Å². The first-order chi connectivity index (χ1) is 6.38. The molecule has 0 aromatic carbocycles. The Bertz CT molecular complexity index is 121. The summed E-state index contributed by atoms with van der Waals surface area (Å²) in [6, 6.07) is 0. The first-order valence-electron chi connectivity index (χ1n) is 5.58. The quantitative estimate of drug-likeness (QED) is 0.684. The van der Waals surface area contributed by atoms with Gasteiger partial charge in [0.05, 0.1) is 0 Å². The minimum atomic E-state index is 0.889. The van der Waals surface area contributed by atoms with Crippen LogP contribution in [0.25, 0.3) is 0 Å². The zero-order valence-electron chi connectivity index (χ0n) is 9.01. The maximum Gasteiger partial charge on any atom is 0.0465 e. The smallest absolute Gasteiger partial charge is 0.0465 e. The minimum Gasteiger partial charge on any atom is -0.385 e. The van der Waals surface area contributed by atoms with Gasteiger partial charge >= 0.3 is 0 Å². The molecule has 0 amide bonds. The Hall–Kier alpha value is -0.0800. The van der Waals surface area contributed by atoms with Crippen molar-refractivity contribution in [3.63, 3.8) is 0 Å². The van der Waals surface area contributed by atoms with E-state index in [1.807, 2.05) is 0 Å². The predicted octanol–water partition coefficient (Wildman–Crippen LogP) is 2.05. The first kappa shape index (κ1) is 11.0. The number of hydrogen-bond acceptors (Lipinski definition) is 2. The van der Waals surface area contributed by atoms with Crippen molar-refractivity contribution in [2.75, 3.05) is 26.8 Å². The Morgan fingerprint density at radius 3 is 2.85 bits per heavy atom. The second kappa shape index (κ2) is 6.39. The largest absolute Gasteiger partial charge is 0.385 e. The average molecular weight is 185 g/mol. The fourth-order valence-electron chi connectivity index (χ4n) is 2.34. The summed E-state index contributed by atoms with van der Waals surface area (Å²) in [6.45, 7) is 5.66. The Kier molecular flexibility index (Phi) is 5.40. The summed E-state index contributed by atoms with van der Waals surface area (Å²) in [4.78, 5) is 0. The van der Waals surface area contributed by atoms with E-state index in [2.05, 4.69) is 12.2 Å². The highest BCUT2D eigenvalue weighted by molar-refractivity contribution is 4.78. The molecule has 0 aromatic heterocycles. The van der Waals surface area contributed by atoms with Gasteiger partial charge in [-0.25, -0.2) is 0 Å². The predicted molar refractivity (Wildman–Crippen MR) is 55.9 cm³/mol. The summed E-state index contributed by atoms with van der Waals surface area (Å²) in [6.07, 6.45) is 5.30. The number of hydrogen-bond donors (Lipinski definition) is 1. The summed E-state index contributed by atoms with van der Waals surface area (Å²) >= 11 is 0. The van der Waals surface area contributed by atoms with E-state index >= 15 is 0 Å². The van der Waals surface area contributed by atoms with Crippen molar-refractivity contribution in [2.45, 2.75) is 32.6 Å². The maximum absolute atomic E-state index is 5.16. The summed E-state index contributed by atoms with van der Waals surface area (Å²) in [5.41, 5.74) is 0. The van der Waals surface area contributed by atoms with Gasteiger partial charge in [-0.15, -0.1) is 0 Å². The summed E-state index contributed by atoms with van der Waals surface area (Å²) in [5, 5.41) is 3.45. The summed E-state index contributed by atoms with van der Waals surface area (Å²) in [5.74, 6) is 1.80. The van der Waals surface area contributed by atoms with Crippen molar-refractivity contribution in [1.29, 1.82) is 0 Å². The molecule has 0 spiro atoms. The molecule has 1 unspecified atom stereocenters. The highest BCUT2D eigenvalue weighted by Gasteiger charge is 2.23. The molecule has 0 radical (unpaired) electrons. The SMILES string of the molecule is CCCC(CCOC)[C@@H]1CCNC1. The van der Waals surface area contributed by atoms with Gasteiger partial charge in [-0.1, -0.05) is 19.8 Å². The van der Waals surface area contributed by atoms with E-state index in [-0.39, 0.29) is 0 Å². The van der Waals surface area contributed by atoms with Gasteiger partial charge in [0.15, 0.2) is 0 Å². The fourth-order valence-corrected chi connectivity index (χ4v) is 2.34. The average Bonchev–Trinajstić information content (AvgIpc) is 2.65. The summed E-state index contributed by atoms with van der Waals surface area (Å²) < 4.78 is 5.16. The van der Waals surface area contributed by atoms with Crippen LogP contribution in [-0.2, 0) is 4.74 Å². The van der Waals surface area contributed by atoms with E-state index in [0.29, 0.717) is 0 Å². The van der Waals surface area contributed by atoms with Crippen LogP contribution in [0.3, 0.4) is 0 Å². The lowest BCUT2D eigenvalue weighted by Crippen LogP contribution is -2.19. The van der Waals surface area contributed by atoms with Crippen molar-refractivity contribution in [3.8, 4) is 0 Å². The molecule has 78 valence electrons. The van der Waals surface area contributed by atoms with E-state index in [0.717, 1.165) is 18.4 Å². The normalized spacial score (nSPS) is 24.9. The van der Waals surface area contributed by atoms with Crippen molar-refractivity contribution < 1.29 is 4.74 Å². The van der Waals surface area contributed by atoms with Crippen LogP contribution in [0.15, 0.2) is 0 Å². The van der Waals surface area contributed by atoms with Crippen LogP contribution in [0.2, 0.25) is 0 Å². The highest BCUT2D eigenvalue weighted by Crippen LogP contribution is 2.26. The fraction of sp³-hybridized carbons (Fsp3) is 1.00. The molecule has 1 rings (SSSR count). The molecule has 0 bridgehead atoms. The van der Waals surface area contributed by atoms with Gasteiger partial charge in [0.1, 0.15) is 0 Å². The Morgan fingerprint density at radius 2 is 2.31 bits per heavy atom. The van der Waals surface area contributed by atoms with Crippen LogP contribution in [0, 0.1) is 11.8 Å². The van der Waals surface area contributed by atoms with Crippen LogP contribution in [0.1, 0.15) is 32.6 Å². The molecular weight excluding hydrogens is 162 g/mol. The topological polar surface area (TPSA) is 21.3 Å². The zero-order chi connectivity index (χ0) is 9.52. The molecule has 1 fully saturated rings. The van der Waals surface area contributed by atoms with E-state index in [9.17, 15) is 0 Å². The van der Waals surface area contributed by atoms with Crippen LogP contribution >= 0.6 is 0 Å². The van der Waals surface area contributed by atoms with Crippen molar-refractivity contribution >= 4 is 0 Å². The van der Waals surface area contributed by atoms with Gasteiger partial charge in [-0.3, -0.25) is 0 Å². The second-order valence-electron chi connectivity index (χ2n) is 4.08. The van der Waals surface area contributed by atoms with Gasteiger partial charge in [0.25, 0.3) is 0 Å². The molecule has 2 nitrogen and oxygen atoms in total.